The number of carbonyl (C=O) groups excluding carboxylic acids is 1. The monoisotopic (exact) mass is 245 g/mol. The number of aromatic nitrogens is 3. The van der Waals surface area contributed by atoms with E-state index in [1.165, 1.54) is 10.4 Å². The number of nitrogens with two attached hydrogens (primary N) is 1. The van der Waals surface area contributed by atoms with Crippen LogP contribution in [0.1, 0.15) is 28.7 Å². The lowest BCUT2D eigenvalue weighted by Crippen LogP contribution is -2.30. The van der Waals surface area contributed by atoms with E-state index in [1.54, 1.807) is 6.92 Å². The number of nitrogen functional groups attached to an aromatic ring is 1. The van der Waals surface area contributed by atoms with Crippen molar-refractivity contribution in [1.82, 2.24) is 20.4 Å². The van der Waals surface area contributed by atoms with Crippen molar-refractivity contribution < 1.29 is 4.79 Å². The third-order valence-corrected chi connectivity index (χ3v) is 2.70. The van der Waals surface area contributed by atoms with Gasteiger partial charge < -0.3 is 0 Å². The highest BCUT2D eigenvalue weighted by Crippen LogP contribution is 2.10. The number of hydrazine groups is 1. The van der Waals surface area contributed by atoms with E-state index < -0.39 is 5.91 Å². The summed E-state index contributed by atoms with van der Waals surface area (Å²) in [7, 11) is 0. The van der Waals surface area contributed by atoms with Crippen molar-refractivity contribution in [1.29, 1.82) is 0 Å². The molecule has 0 spiro atoms. The number of aryl methyl sites for hydroxylation is 2. The summed E-state index contributed by atoms with van der Waals surface area (Å²) in [5.74, 6) is 4.64. The highest BCUT2D eigenvalue weighted by atomic mass is 16.2. The molecule has 6 nitrogen and oxygen atoms in total. The van der Waals surface area contributed by atoms with E-state index in [1.807, 2.05) is 24.3 Å². The van der Waals surface area contributed by atoms with Crippen molar-refractivity contribution in [2.24, 2.45) is 5.84 Å². The average molecular weight is 245 g/mol. The van der Waals surface area contributed by atoms with Gasteiger partial charge in [0.15, 0.2) is 5.69 Å². The molecule has 1 heterocycles. The Labute approximate surface area is 105 Å². The summed E-state index contributed by atoms with van der Waals surface area (Å²) in [6.45, 7) is 3.81. The van der Waals surface area contributed by atoms with E-state index in [0.717, 1.165) is 12.1 Å². The average Bonchev–Trinajstić information content (AvgIpc) is 2.80. The zero-order valence-corrected chi connectivity index (χ0v) is 10.3. The summed E-state index contributed by atoms with van der Waals surface area (Å²) in [4.78, 5) is 12.9. The van der Waals surface area contributed by atoms with Crippen molar-refractivity contribution in [2.75, 3.05) is 0 Å². The Morgan fingerprint density at radius 1 is 1.33 bits per heavy atom. The Hall–Kier alpha value is -2.21. The molecule has 6 heteroatoms. The van der Waals surface area contributed by atoms with Gasteiger partial charge in [-0.1, -0.05) is 19.1 Å². The fourth-order valence-electron chi connectivity index (χ4n) is 1.64. The van der Waals surface area contributed by atoms with Crippen LogP contribution in [0.4, 0.5) is 0 Å². The van der Waals surface area contributed by atoms with Gasteiger partial charge in [0.05, 0.1) is 11.4 Å². The van der Waals surface area contributed by atoms with Crippen LogP contribution in [-0.2, 0) is 6.42 Å². The summed E-state index contributed by atoms with van der Waals surface area (Å²) < 4.78 is 0. The highest BCUT2D eigenvalue weighted by Gasteiger charge is 2.14. The first-order chi connectivity index (χ1) is 8.65. The van der Waals surface area contributed by atoms with Gasteiger partial charge in [-0.25, -0.2) is 5.84 Å². The maximum absolute atomic E-state index is 11.4. The lowest BCUT2D eigenvalue weighted by Gasteiger charge is -2.00. The third-order valence-electron chi connectivity index (χ3n) is 2.70. The first kappa shape index (κ1) is 12.3. The van der Waals surface area contributed by atoms with Crippen molar-refractivity contribution >= 4 is 5.91 Å². The number of amides is 1. The van der Waals surface area contributed by atoms with Gasteiger partial charge in [-0.3, -0.25) is 10.2 Å². The maximum Gasteiger partial charge on any atom is 0.287 e. The van der Waals surface area contributed by atoms with Crippen LogP contribution < -0.4 is 11.3 Å². The first-order valence-electron chi connectivity index (χ1n) is 5.70. The SMILES string of the molecule is CCc1ccc(-n2nc(C)c(C(=O)NN)n2)cc1. The van der Waals surface area contributed by atoms with Crippen molar-refractivity contribution in [3.05, 3.63) is 41.2 Å². The molecule has 18 heavy (non-hydrogen) atoms. The number of hydrogen-bond donors (Lipinski definition) is 2. The molecular formula is C12H15N5O. The topological polar surface area (TPSA) is 85.8 Å². The molecule has 3 N–H and O–H groups in total. The van der Waals surface area contributed by atoms with Crippen LogP contribution in [0, 0.1) is 6.92 Å². The second kappa shape index (κ2) is 4.97. The Balaban J connectivity index is 2.36. The fraction of sp³-hybridized carbons (Fsp3) is 0.250. The molecule has 2 aromatic rings. The molecule has 0 radical (unpaired) electrons. The van der Waals surface area contributed by atoms with Crippen LogP contribution in [0.15, 0.2) is 24.3 Å². The van der Waals surface area contributed by atoms with Gasteiger partial charge in [-0.2, -0.15) is 9.90 Å². The summed E-state index contributed by atoms with van der Waals surface area (Å²) in [5, 5.41) is 8.31. The molecule has 0 fully saturated rings. The summed E-state index contributed by atoms with van der Waals surface area (Å²) in [6, 6.07) is 7.86. The van der Waals surface area contributed by atoms with E-state index in [-0.39, 0.29) is 5.69 Å². The van der Waals surface area contributed by atoms with Crippen molar-refractivity contribution in [3.8, 4) is 5.69 Å². The zero-order valence-electron chi connectivity index (χ0n) is 10.3. The molecule has 0 saturated carbocycles. The molecule has 1 amide bonds. The Bertz CT molecular complexity index is 558. The molecule has 94 valence electrons. The van der Waals surface area contributed by atoms with Crippen LogP contribution in [0.2, 0.25) is 0 Å². The maximum atomic E-state index is 11.4. The Morgan fingerprint density at radius 3 is 2.56 bits per heavy atom. The summed E-state index contributed by atoms with van der Waals surface area (Å²) >= 11 is 0. The molecule has 0 aliphatic carbocycles. The number of benzene rings is 1. The van der Waals surface area contributed by atoms with Crippen LogP contribution >= 0.6 is 0 Å². The van der Waals surface area contributed by atoms with Crippen molar-refractivity contribution in [2.45, 2.75) is 20.3 Å². The standard InChI is InChI=1S/C12H15N5O/c1-3-9-4-6-10(7-5-9)17-15-8(2)11(16-17)12(18)14-13/h4-7H,3,13H2,1-2H3,(H,14,18). The summed E-state index contributed by atoms with van der Waals surface area (Å²) in [5.41, 5.74) is 4.87. The predicted octanol–water partition coefficient (Wildman–Crippen LogP) is 0.742. The van der Waals surface area contributed by atoms with Gasteiger partial charge in [-0.15, -0.1) is 5.10 Å². The van der Waals surface area contributed by atoms with E-state index in [9.17, 15) is 4.79 Å². The van der Waals surface area contributed by atoms with Crippen LogP contribution in [0.25, 0.3) is 5.69 Å². The lowest BCUT2D eigenvalue weighted by atomic mass is 10.2. The molecular weight excluding hydrogens is 230 g/mol. The minimum absolute atomic E-state index is 0.233. The largest absolute Gasteiger partial charge is 0.289 e. The lowest BCUT2D eigenvalue weighted by molar-refractivity contribution is 0.0947. The molecule has 0 atom stereocenters. The predicted molar refractivity (Wildman–Crippen MR) is 67.1 cm³/mol. The molecule has 2 rings (SSSR count). The minimum atomic E-state index is -0.441. The van der Waals surface area contributed by atoms with Crippen molar-refractivity contribution in [3.63, 3.8) is 0 Å². The number of nitrogens with one attached hydrogen (secondary N) is 1. The molecule has 0 bridgehead atoms. The van der Waals surface area contributed by atoms with Gasteiger partial charge in [-0.05, 0) is 31.0 Å². The highest BCUT2D eigenvalue weighted by molar-refractivity contribution is 5.92. The molecule has 1 aromatic carbocycles. The summed E-state index contributed by atoms with van der Waals surface area (Å²) in [6.07, 6.45) is 0.979. The molecule has 1 aromatic heterocycles. The van der Waals surface area contributed by atoms with Gasteiger partial charge in [0.2, 0.25) is 0 Å². The van der Waals surface area contributed by atoms with Crippen LogP contribution in [0.5, 0.6) is 0 Å². The first-order valence-corrected chi connectivity index (χ1v) is 5.70. The number of nitrogens with zero attached hydrogens (tertiary/aromatic N) is 3. The van der Waals surface area contributed by atoms with E-state index >= 15 is 0 Å². The number of hydrogen-bond acceptors (Lipinski definition) is 4. The van der Waals surface area contributed by atoms with Gasteiger partial charge in [0.25, 0.3) is 5.91 Å². The third kappa shape index (κ3) is 2.23. The van der Waals surface area contributed by atoms with E-state index in [0.29, 0.717) is 5.69 Å². The van der Waals surface area contributed by atoms with Gasteiger partial charge in [0, 0.05) is 0 Å². The minimum Gasteiger partial charge on any atom is -0.289 e. The zero-order chi connectivity index (χ0) is 13.1. The van der Waals surface area contributed by atoms with E-state index in [4.69, 9.17) is 5.84 Å². The van der Waals surface area contributed by atoms with Gasteiger partial charge in [0.1, 0.15) is 0 Å². The Kier molecular flexibility index (Phi) is 3.38. The Morgan fingerprint density at radius 2 is 2.00 bits per heavy atom. The normalized spacial score (nSPS) is 10.4. The number of carbonyl (C=O) groups is 1. The van der Waals surface area contributed by atoms with E-state index in [2.05, 4.69) is 22.5 Å². The molecule has 0 saturated heterocycles. The number of rotatable bonds is 3. The molecule has 0 aliphatic heterocycles. The smallest absolute Gasteiger partial charge is 0.287 e. The van der Waals surface area contributed by atoms with Gasteiger partial charge >= 0.3 is 0 Å². The second-order valence-corrected chi connectivity index (χ2v) is 3.92. The van der Waals surface area contributed by atoms with Crippen LogP contribution in [0.3, 0.4) is 0 Å². The molecule has 0 aliphatic rings. The molecule has 0 unspecified atom stereocenters. The van der Waals surface area contributed by atoms with Crippen LogP contribution in [-0.4, -0.2) is 20.9 Å². The quantitative estimate of drug-likeness (QED) is 0.474. The fourth-order valence-corrected chi connectivity index (χ4v) is 1.64. The second-order valence-electron chi connectivity index (χ2n) is 3.92.